The molecule has 1 amide bonds. The molecule has 0 aromatic heterocycles. The zero-order valence-electron chi connectivity index (χ0n) is 16.8. The monoisotopic (exact) mass is 353 g/mol. The molecule has 0 saturated heterocycles. The third kappa shape index (κ3) is 5.91. The number of hydrogen-bond donors (Lipinski definition) is 1. The average molecular weight is 354 g/mol. The van der Waals surface area contributed by atoms with Gasteiger partial charge in [-0.2, -0.15) is 0 Å². The molecule has 3 nitrogen and oxygen atoms in total. The Bertz CT molecular complexity index is 712. The Kier molecular flexibility index (Phi) is 6.12. The molecule has 0 radical (unpaired) electrons. The van der Waals surface area contributed by atoms with E-state index in [4.69, 9.17) is 4.74 Å². The minimum absolute atomic E-state index is 0.100. The maximum atomic E-state index is 12.5. The molecule has 0 spiro atoms. The van der Waals surface area contributed by atoms with Crippen LogP contribution in [0, 0.1) is 0 Å². The average Bonchev–Trinajstić information content (AvgIpc) is 2.54. The molecule has 26 heavy (non-hydrogen) atoms. The van der Waals surface area contributed by atoms with Crippen molar-refractivity contribution in [2.24, 2.45) is 0 Å². The molecule has 1 N–H and O–H groups in total. The minimum Gasteiger partial charge on any atom is -0.481 e. The van der Waals surface area contributed by atoms with E-state index >= 15 is 0 Å². The summed E-state index contributed by atoms with van der Waals surface area (Å²) in [5, 5.41) is 3.10. The van der Waals surface area contributed by atoms with Crippen LogP contribution < -0.4 is 10.1 Å². The van der Waals surface area contributed by atoms with Crippen molar-refractivity contribution in [3.05, 3.63) is 65.7 Å². The fourth-order valence-electron chi connectivity index (χ4n) is 2.88. The van der Waals surface area contributed by atoms with Crippen molar-refractivity contribution in [3.63, 3.8) is 0 Å². The second kappa shape index (κ2) is 7.94. The van der Waals surface area contributed by atoms with Crippen LogP contribution in [0.25, 0.3) is 0 Å². The summed E-state index contributed by atoms with van der Waals surface area (Å²) in [6.45, 7) is 12.4. The lowest BCUT2D eigenvalue weighted by molar-refractivity contribution is -0.128. The Morgan fingerprint density at radius 3 is 2.08 bits per heavy atom. The predicted molar refractivity (Wildman–Crippen MR) is 108 cm³/mol. The molecule has 3 heteroatoms. The summed E-state index contributed by atoms with van der Waals surface area (Å²) in [6.07, 6.45) is 0.220. The quantitative estimate of drug-likeness (QED) is 0.803. The zero-order valence-corrected chi connectivity index (χ0v) is 16.8. The van der Waals surface area contributed by atoms with Crippen LogP contribution in [0.5, 0.6) is 5.75 Å². The highest BCUT2D eigenvalue weighted by Gasteiger charge is 2.25. The molecule has 0 heterocycles. The molecular formula is C23H31NO2. The van der Waals surface area contributed by atoms with Gasteiger partial charge in [0.05, 0.1) is 0 Å². The van der Waals surface area contributed by atoms with Crippen molar-refractivity contribution in [1.82, 2.24) is 5.32 Å². The van der Waals surface area contributed by atoms with E-state index in [0.717, 1.165) is 6.42 Å². The van der Waals surface area contributed by atoms with Gasteiger partial charge in [0, 0.05) is 5.54 Å². The lowest BCUT2D eigenvalue weighted by atomic mass is 9.87. The summed E-state index contributed by atoms with van der Waals surface area (Å²) in [5.41, 5.74) is 2.20. The molecule has 0 aliphatic rings. The summed E-state index contributed by atoms with van der Waals surface area (Å²) >= 11 is 0. The van der Waals surface area contributed by atoms with Crippen molar-refractivity contribution in [2.45, 2.75) is 65.0 Å². The first-order valence-electron chi connectivity index (χ1n) is 9.20. The molecule has 0 fully saturated rings. The molecule has 1 atom stereocenters. The van der Waals surface area contributed by atoms with Gasteiger partial charge < -0.3 is 10.1 Å². The van der Waals surface area contributed by atoms with Gasteiger partial charge in [0.25, 0.3) is 5.91 Å². The van der Waals surface area contributed by atoms with Crippen LogP contribution in [0.15, 0.2) is 54.6 Å². The Hall–Kier alpha value is -2.29. The van der Waals surface area contributed by atoms with Crippen molar-refractivity contribution >= 4 is 5.91 Å². The Morgan fingerprint density at radius 1 is 0.962 bits per heavy atom. The van der Waals surface area contributed by atoms with Gasteiger partial charge in [-0.3, -0.25) is 4.79 Å². The van der Waals surface area contributed by atoms with Gasteiger partial charge in [0.1, 0.15) is 5.75 Å². The Balaban J connectivity index is 1.94. The molecule has 2 rings (SSSR count). The van der Waals surface area contributed by atoms with Crippen LogP contribution in [-0.2, 0) is 16.6 Å². The maximum Gasteiger partial charge on any atom is 0.261 e. The summed E-state index contributed by atoms with van der Waals surface area (Å²) in [6, 6.07) is 18.1. The number of ether oxygens (including phenoxy) is 1. The van der Waals surface area contributed by atoms with E-state index in [1.165, 1.54) is 11.1 Å². The van der Waals surface area contributed by atoms with Crippen LogP contribution in [-0.4, -0.2) is 17.6 Å². The first-order valence-corrected chi connectivity index (χ1v) is 9.20. The normalized spacial score (nSPS) is 13.2. The van der Waals surface area contributed by atoms with Crippen LogP contribution in [0.3, 0.4) is 0 Å². The highest BCUT2D eigenvalue weighted by Crippen LogP contribution is 2.24. The van der Waals surface area contributed by atoms with E-state index in [2.05, 4.69) is 50.4 Å². The van der Waals surface area contributed by atoms with Crippen molar-refractivity contribution in [2.75, 3.05) is 0 Å². The fraction of sp³-hybridized carbons (Fsp3) is 0.435. The Morgan fingerprint density at radius 2 is 1.54 bits per heavy atom. The highest BCUT2D eigenvalue weighted by molar-refractivity contribution is 5.81. The minimum atomic E-state index is -0.550. The number of benzene rings is 2. The van der Waals surface area contributed by atoms with E-state index in [-0.39, 0.29) is 16.9 Å². The molecule has 0 bridgehead atoms. The third-order valence-corrected chi connectivity index (χ3v) is 4.35. The van der Waals surface area contributed by atoms with Gasteiger partial charge in [-0.05, 0) is 55.9 Å². The predicted octanol–water partition coefficient (Wildman–Crippen LogP) is 4.89. The van der Waals surface area contributed by atoms with E-state index < -0.39 is 6.10 Å². The summed E-state index contributed by atoms with van der Waals surface area (Å²) < 4.78 is 5.83. The van der Waals surface area contributed by atoms with E-state index in [1.54, 1.807) is 6.92 Å². The van der Waals surface area contributed by atoms with Gasteiger partial charge in [-0.25, -0.2) is 0 Å². The van der Waals surface area contributed by atoms with Gasteiger partial charge >= 0.3 is 0 Å². The van der Waals surface area contributed by atoms with E-state index in [9.17, 15) is 4.79 Å². The number of carbonyl (C=O) groups is 1. The van der Waals surface area contributed by atoms with E-state index in [1.807, 2.05) is 44.2 Å². The second-order valence-electron chi connectivity index (χ2n) is 8.57. The zero-order chi connectivity index (χ0) is 19.4. The second-order valence-corrected chi connectivity index (χ2v) is 8.57. The van der Waals surface area contributed by atoms with E-state index in [0.29, 0.717) is 5.75 Å². The molecule has 140 valence electrons. The van der Waals surface area contributed by atoms with Gasteiger partial charge in [-0.15, -0.1) is 0 Å². The molecule has 2 aromatic rings. The molecule has 0 aliphatic heterocycles. The fourth-order valence-corrected chi connectivity index (χ4v) is 2.88. The van der Waals surface area contributed by atoms with Gasteiger partial charge in [0.15, 0.2) is 6.10 Å². The lowest BCUT2D eigenvalue weighted by Gasteiger charge is -2.28. The summed E-state index contributed by atoms with van der Waals surface area (Å²) in [5.74, 6) is 0.604. The first kappa shape index (κ1) is 20.0. The highest BCUT2D eigenvalue weighted by atomic mass is 16.5. The number of rotatable bonds is 6. The number of amides is 1. The van der Waals surface area contributed by atoms with Crippen LogP contribution in [0.2, 0.25) is 0 Å². The van der Waals surface area contributed by atoms with Crippen molar-refractivity contribution in [1.29, 1.82) is 0 Å². The van der Waals surface area contributed by atoms with Crippen LogP contribution >= 0.6 is 0 Å². The van der Waals surface area contributed by atoms with Crippen molar-refractivity contribution in [3.8, 4) is 5.75 Å². The topological polar surface area (TPSA) is 38.3 Å². The molecule has 2 aromatic carbocycles. The molecular weight excluding hydrogens is 322 g/mol. The maximum absolute atomic E-state index is 12.5. The Labute approximate surface area is 157 Å². The van der Waals surface area contributed by atoms with Crippen LogP contribution in [0.1, 0.15) is 52.7 Å². The number of hydrogen-bond acceptors (Lipinski definition) is 2. The summed E-state index contributed by atoms with van der Waals surface area (Å²) in [4.78, 5) is 12.5. The lowest BCUT2D eigenvalue weighted by Crippen LogP contribution is -2.49. The SMILES string of the molecule is C[C@@H](Oc1ccc(C(C)(C)C)cc1)C(=O)NC(C)(C)Cc1ccccc1. The van der Waals surface area contributed by atoms with Crippen LogP contribution in [0.4, 0.5) is 0 Å². The summed E-state index contributed by atoms with van der Waals surface area (Å²) in [7, 11) is 0. The molecule has 0 aliphatic carbocycles. The van der Waals surface area contributed by atoms with Gasteiger partial charge in [0.2, 0.25) is 0 Å². The smallest absolute Gasteiger partial charge is 0.261 e. The third-order valence-electron chi connectivity index (χ3n) is 4.35. The van der Waals surface area contributed by atoms with Gasteiger partial charge in [-0.1, -0.05) is 63.2 Å². The first-order chi connectivity index (χ1) is 12.1. The standard InChI is InChI=1S/C23H31NO2/c1-17(26-20-14-12-19(13-15-20)22(2,3)4)21(25)24-23(5,6)16-18-10-8-7-9-11-18/h7-15,17H,16H2,1-6H3,(H,24,25)/t17-/m1/s1. The number of nitrogens with one attached hydrogen (secondary N) is 1. The number of carbonyl (C=O) groups excluding carboxylic acids is 1. The van der Waals surface area contributed by atoms with Crippen molar-refractivity contribution < 1.29 is 9.53 Å². The molecule has 0 unspecified atom stereocenters. The molecule has 0 saturated carbocycles. The largest absolute Gasteiger partial charge is 0.481 e.